The smallest absolute Gasteiger partial charge is 0.124 e. The quantitative estimate of drug-likeness (QED) is 0.512. The molecule has 0 saturated heterocycles. The van der Waals surface area contributed by atoms with E-state index in [0.29, 0.717) is 6.61 Å². The van der Waals surface area contributed by atoms with E-state index in [0.717, 1.165) is 39.5 Å². The van der Waals surface area contributed by atoms with Gasteiger partial charge in [0.05, 0.1) is 0 Å². The van der Waals surface area contributed by atoms with Gasteiger partial charge in [-0.05, 0) is 29.8 Å². The summed E-state index contributed by atoms with van der Waals surface area (Å²) < 4.78 is 7.05. The van der Waals surface area contributed by atoms with Gasteiger partial charge in [0.1, 0.15) is 12.4 Å². The highest BCUT2D eigenvalue weighted by Crippen LogP contribution is 2.25. The van der Waals surface area contributed by atoms with E-state index in [9.17, 15) is 0 Å². The summed E-state index contributed by atoms with van der Waals surface area (Å²) in [6.07, 6.45) is 0. The molecule has 0 aliphatic heterocycles. The molecule has 0 aromatic heterocycles. The van der Waals surface area contributed by atoms with E-state index in [1.807, 2.05) is 54.6 Å². The number of nitrogens with one attached hydrogen (secondary N) is 1. The Labute approximate surface area is 161 Å². The minimum atomic E-state index is 0.451. The number of benzene rings is 3. The molecule has 0 saturated carbocycles. The predicted molar refractivity (Wildman–Crippen MR) is 107 cm³/mol. The minimum absolute atomic E-state index is 0.451. The fourth-order valence-electron chi connectivity index (χ4n) is 2.54. The third kappa shape index (κ3) is 5.33. The van der Waals surface area contributed by atoms with Gasteiger partial charge in [-0.25, -0.2) is 0 Å². The first-order valence-corrected chi connectivity index (χ1v) is 9.29. The van der Waals surface area contributed by atoms with E-state index in [2.05, 4.69) is 39.4 Å². The largest absolute Gasteiger partial charge is 0.489 e. The Kier molecular flexibility index (Phi) is 6.51. The molecule has 0 amide bonds. The molecule has 3 aromatic rings. The molecular formula is C21H19BrClNO. The van der Waals surface area contributed by atoms with Crippen molar-refractivity contribution in [3.05, 3.63) is 99.0 Å². The average Bonchev–Trinajstić information content (AvgIpc) is 2.63. The first-order valence-electron chi connectivity index (χ1n) is 8.11. The highest BCUT2D eigenvalue weighted by molar-refractivity contribution is 9.10. The molecule has 0 aliphatic carbocycles. The zero-order valence-corrected chi connectivity index (χ0v) is 16.1. The summed E-state index contributed by atoms with van der Waals surface area (Å²) in [5.74, 6) is 0.865. The highest BCUT2D eigenvalue weighted by atomic mass is 79.9. The van der Waals surface area contributed by atoms with Gasteiger partial charge in [0, 0.05) is 33.7 Å². The van der Waals surface area contributed by atoms with Gasteiger partial charge in [0.15, 0.2) is 0 Å². The lowest BCUT2D eigenvalue weighted by atomic mass is 10.2. The highest BCUT2D eigenvalue weighted by Gasteiger charge is 2.07. The van der Waals surface area contributed by atoms with Crippen LogP contribution >= 0.6 is 27.5 Å². The maximum Gasteiger partial charge on any atom is 0.124 e. The van der Waals surface area contributed by atoms with Gasteiger partial charge < -0.3 is 10.1 Å². The molecule has 0 fully saturated rings. The Morgan fingerprint density at radius 2 is 1.60 bits per heavy atom. The molecule has 128 valence electrons. The van der Waals surface area contributed by atoms with E-state index < -0.39 is 0 Å². The summed E-state index contributed by atoms with van der Waals surface area (Å²) in [5.41, 5.74) is 3.35. The SMILES string of the molecule is Clc1ccccc1COc1ccc(Br)cc1CNCc1ccccc1. The second-order valence-electron chi connectivity index (χ2n) is 5.72. The van der Waals surface area contributed by atoms with Gasteiger partial charge >= 0.3 is 0 Å². The van der Waals surface area contributed by atoms with Gasteiger partial charge in [-0.1, -0.05) is 76.1 Å². The van der Waals surface area contributed by atoms with E-state index in [-0.39, 0.29) is 0 Å². The summed E-state index contributed by atoms with van der Waals surface area (Å²) >= 11 is 9.74. The Balaban J connectivity index is 1.64. The Morgan fingerprint density at radius 1 is 0.840 bits per heavy atom. The molecule has 0 bridgehead atoms. The van der Waals surface area contributed by atoms with E-state index >= 15 is 0 Å². The normalized spacial score (nSPS) is 10.6. The predicted octanol–water partition coefficient (Wildman–Crippen LogP) is 5.97. The van der Waals surface area contributed by atoms with Crippen LogP contribution in [-0.4, -0.2) is 0 Å². The molecule has 1 N–H and O–H groups in total. The number of hydrogen-bond donors (Lipinski definition) is 1. The first kappa shape index (κ1) is 18.0. The minimum Gasteiger partial charge on any atom is -0.489 e. The topological polar surface area (TPSA) is 21.3 Å². The molecule has 3 aromatic carbocycles. The molecule has 4 heteroatoms. The van der Waals surface area contributed by atoms with Crippen LogP contribution in [0.1, 0.15) is 16.7 Å². The van der Waals surface area contributed by atoms with Crippen LogP contribution in [0.3, 0.4) is 0 Å². The third-order valence-corrected chi connectivity index (χ3v) is 4.71. The Hall–Kier alpha value is -1.81. The molecule has 0 atom stereocenters. The van der Waals surface area contributed by atoms with Crippen molar-refractivity contribution in [3.8, 4) is 5.75 Å². The maximum atomic E-state index is 6.21. The number of halogens is 2. The summed E-state index contributed by atoms with van der Waals surface area (Å²) in [6.45, 7) is 2.00. The van der Waals surface area contributed by atoms with Gasteiger partial charge in [0.2, 0.25) is 0 Å². The monoisotopic (exact) mass is 415 g/mol. The van der Waals surface area contributed by atoms with E-state index in [1.54, 1.807) is 0 Å². The van der Waals surface area contributed by atoms with Crippen LogP contribution in [-0.2, 0) is 19.7 Å². The van der Waals surface area contributed by atoms with E-state index in [1.165, 1.54) is 5.56 Å². The molecule has 0 aliphatic rings. The molecule has 2 nitrogen and oxygen atoms in total. The Bertz CT molecular complexity index is 823. The summed E-state index contributed by atoms with van der Waals surface area (Å²) in [7, 11) is 0. The molecule has 0 radical (unpaired) electrons. The fourth-order valence-corrected chi connectivity index (χ4v) is 3.13. The lowest BCUT2D eigenvalue weighted by molar-refractivity contribution is 0.302. The third-order valence-electron chi connectivity index (χ3n) is 3.85. The lowest BCUT2D eigenvalue weighted by Crippen LogP contribution is -2.13. The van der Waals surface area contributed by atoms with Crippen molar-refractivity contribution < 1.29 is 4.74 Å². The van der Waals surface area contributed by atoms with Crippen molar-refractivity contribution in [2.45, 2.75) is 19.7 Å². The van der Waals surface area contributed by atoms with Gasteiger partial charge in [-0.3, -0.25) is 0 Å². The zero-order valence-electron chi connectivity index (χ0n) is 13.7. The van der Waals surface area contributed by atoms with Gasteiger partial charge in [-0.15, -0.1) is 0 Å². The van der Waals surface area contributed by atoms with Crippen LogP contribution in [0.15, 0.2) is 77.3 Å². The Morgan fingerprint density at radius 3 is 2.40 bits per heavy atom. The zero-order chi connectivity index (χ0) is 17.5. The molecule has 25 heavy (non-hydrogen) atoms. The summed E-state index contributed by atoms with van der Waals surface area (Å²) in [6, 6.07) is 24.2. The van der Waals surface area contributed by atoms with Crippen LogP contribution in [0.2, 0.25) is 5.02 Å². The molecule has 3 rings (SSSR count). The average molecular weight is 417 g/mol. The molecule has 0 heterocycles. The van der Waals surface area contributed by atoms with Crippen molar-refractivity contribution in [2.75, 3.05) is 0 Å². The van der Waals surface area contributed by atoms with Gasteiger partial charge in [0.25, 0.3) is 0 Å². The second-order valence-corrected chi connectivity index (χ2v) is 7.04. The van der Waals surface area contributed by atoms with Crippen molar-refractivity contribution in [1.29, 1.82) is 0 Å². The fraction of sp³-hybridized carbons (Fsp3) is 0.143. The van der Waals surface area contributed by atoms with Crippen LogP contribution in [0, 0.1) is 0 Å². The van der Waals surface area contributed by atoms with Crippen LogP contribution in [0.5, 0.6) is 5.75 Å². The summed E-state index contributed by atoms with van der Waals surface area (Å²) in [5, 5.41) is 4.19. The molecule has 0 unspecified atom stereocenters. The van der Waals surface area contributed by atoms with Gasteiger partial charge in [-0.2, -0.15) is 0 Å². The maximum absolute atomic E-state index is 6.21. The van der Waals surface area contributed by atoms with Crippen LogP contribution < -0.4 is 10.1 Å². The van der Waals surface area contributed by atoms with Crippen molar-refractivity contribution in [1.82, 2.24) is 5.32 Å². The van der Waals surface area contributed by atoms with Crippen LogP contribution in [0.4, 0.5) is 0 Å². The van der Waals surface area contributed by atoms with Crippen molar-refractivity contribution >= 4 is 27.5 Å². The molecular weight excluding hydrogens is 398 g/mol. The standard InChI is InChI=1S/C21H19BrClNO/c22-19-10-11-21(25-15-17-8-4-5-9-20(17)23)18(12-19)14-24-13-16-6-2-1-3-7-16/h1-12,24H,13-15H2. The summed E-state index contributed by atoms with van der Waals surface area (Å²) in [4.78, 5) is 0. The second kappa shape index (κ2) is 9.04. The van der Waals surface area contributed by atoms with Crippen LogP contribution in [0.25, 0.3) is 0 Å². The van der Waals surface area contributed by atoms with Crippen molar-refractivity contribution in [3.63, 3.8) is 0 Å². The van der Waals surface area contributed by atoms with E-state index in [4.69, 9.17) is 16.3 Å². The first-order chi connectivity index (χ1) is 12.2. The number of hydrogen-bond acceptors (Lipinski definition) is 2. The number of ether oxygens (including phenoxy) is 1. The molecule has 0 spiro atoms. The van der Waals surface area contributed by atoms with Crippen molar-refractivity contribution in [2.24, 2.45) is 0 Å². The lowest BCUT2D eigenvalue weighted by Gasteiger charge is -2.14. The number of rotatable bonds is 7.